The van der Waals surface area contributed by atoms with Crippen LogP contribution in [0.2, 0.25) is 0 Å². The summed E-state index contributed by atoms with van der Waals surface area (Å²) in [6.45, 7) is 5.15. The van der Waals surface area contributed by atoms with Crippen molar-refractivity contribution in [2.24, 2.45) is 0 Å². The second-order valence-corrected chi connectivity index (χ2v) is 7.44. The number of halogens is 3. The van der Waals surface area contributed by atoms with Crippen molar-refractivity contribution in [1.29, 1.82) is 0 Å². The first-order valence-corrected chi connectivity index (χ1v) is 9.72. The molecule has 2 aromatic carbocycles. The molecule has 4 aromatic rings. The van der Waals surface area contributed by atoms with Gasteiger partial charge in [-0.15, -0.1) is 5.10 Å². The maximum atomic E-state index is 13.0. The summed E-state index contributed by atoms with van der Waals surface area (Å²) >= 11 is 0. The Balaban J connectivity index is 1.59. The van der Waals surface area contributed by atoms with E-state index in [1.54, 1.807) is 13.8 Å². The minimum Gasteiger partial charge on any atom is -0.349 e. The molecule has 0 bridgehead atoms. The second kappa shape index (κ2) is 7.64. The summed E-state index contributed by atoms with van der Waals surface area (Å²) in [6, 6.07) is 13.6. The van der Waals surface area contributed by atoms with Gasteiger partial charge in [-0.25, -0.2) is 9.50 Å². The van der Waals surface area contributed by atoms with Gasteiger partial charge >= 0.3 is 6.18 Å². The quantitative estimate of drug-likeness (QED) is 0.526. The van der Waals surface area contributed by atoms with Crippen LogP contribution in [0.15, 0.2) is 42.5 Å². The van der Waals surface area contributed by atoms with Gasteiger partial charge in [0.1, 0.15) is 0 Å². The molecule has 0 aliphatic carbocycles. The van der Waals surface area contributed by atoms with Crippen LogP contribution in [0.3, 0.4) is 0 Å². The van der Waals surface area contributed by atoms with E-state index in [1.165, 1.54) is 0 Å². The molecule has 160 valence electrons. The molecule has 0 saturated heterocycles. The van der Waals surface area contributed by atoms with E-state index in [0.29, 0.717) is 17.0 Å². The minimum atomic E-state index is -4.67. The molecule has 6 nitrogen and oxygen atoms in total. The van der Waals surface area contributed by atoms with Crippen molar-refractivity contribution in [1.82, 2.24) is 24.9 Å². The van der Waals surface area contributed by atoms with Gasteiger partial charge in [0, 0.05) is 17.0 Å². The van der Waals surface area contributed by atoms with E-state index in [-0.39, 0.29) is 24.1 Å². The zero-order valence-electron chi connectivity index (χ0n) is 17.2. The zero-order chi connectivity index (χ0) is 22.3. The summed E-state index contributed by atoms with van der Waals surface area (Å²) in [5.41, 5.74) is 2.35. The number of carbonyl (C=O) groups excluding carboxylic acids is 1. The lowest BCUT2D eigenvalue weighted by Crippen LogP contribution is -2.29. The standard InChI is InChI=1S/C22H20F3N5O/c1-12(16-10-6-8-15-7-4-5-9-17(15)16)26-19(31)11-18-13(2)27-21-28-20(22(23,24)25)29-30(21)14(18)3/h4-10,12H,11H2,1-3H3,(H,26,31). The highest BCUT2D eigenvalue weighted by molar-refractivity contribution is 5.87. The highest BCUT2D eigenvalue weighted by Crippen LogP contribution is 2.27. The fourth-order valence-electron chi connectivity index (χ4n) is 3.74. The van der Waals surface area contributed by atoms with Gasteiger partial charge in [-0.1, -0.05) is 42.5 Å². The summed E-state index contributed by atoms with van der Waals surface area (Å²) in [4.78, 5) is 20.3. The molecule has 31 heavy (non-hydrogen) atoms. The Hall–Kier alpha value is -3.49. The van der Waals surface area contributed by atoms with E-state index in [4.69, 9.17) is 0 Å². The van der Waals surface area contributed by atoms with Crippen molar-refractivity contribution in [3.8, 4) is 0 Å². The number of amides is 1. The van der Waals surface area contributed by atoms with Crippen LogP contribution in [0.5, 0.6) is 0 Å². The first-order chi connectivity index (χ1) is 14.6. The van der Waals surface area contributed by atoms with E-state index in [2.05, 4.69) is 20.4 Å². The molecule has 0 saturated carbocycles. The van der Waals surface area contributed by atoms with Gasteiger partial charge in [-0.05, 0) is 37.1 Å². The number of hydrogen-bond acceptors (Lipinski definition) is 4. The molecular formula is C22H20F3N5O. The lowest BCUT2D eigenvalue weighted by atomic mass is 9.99. The predicted molar refractivity (Wildman–Crippen MR) is 109 cm³/mol. The van der Waals surface area contributed by atoms with Gasteiger partial charge in [0.25, 0.3) is 11.6 Å². The SMILES string of the molecule is Cc1nc2nc(C(F)(F)F)nn2c(C)c1CC(=O)NC(C)c1cccc2ccccc12. The van der Waals surface area contributed by atoms with E-state index >= 15 is 0 Å². The fraction of sp³-hybridized carbons (Fsp3) is 0.273. The van der Waals surface area contributed by atoms with Crippen molar-refractivity contribution in [2.45, 2.75) is 39.4 Å². The third-order valence-corrected chi connectivity index (χ3v) is 5.31. The number of aromatic nitrogens is 4. The third-order valence-electron chi connectivity index (χ3n) is 5.31. The Morgan fingerprint density at radius 2 is 1.81 bits per heavy atom. The van der Waals surface area contributed by atoms with Gasteiger partial charge < -0.3 is 5.32 Å². The second-order valence-electron chi connectivity index (χ2n) is 7.44. The minimum absolute atomic E-state index is 0.0308. The van der Waals surface area contributed by atoms with E-state index in [0.717, 1.165) is 20.9 Å². The number of rotatable bonds is 4. The van der Waals surface area contributed by atoms with Crippen LogP contribution in [0.25, 0.3) is 16.6 Å². The Labute approximate surface area is 176 Å². The number of aryl methyl sites for hydroxylation is 2. The average Bonchev–Trinajstić information content (AvgIpc) is 3.15. The number of benzene rings is 2. The molecule has 9 heteroatoms. The smallest absolute Gasteiger partial charge is 0.349 e. The summed E-state index contributed by atoms with van der Waals surface area (Å²) in [5.74, 6) is -1.66. The molecule has 0 aliphatic heterocycles. The molecule has 0 radical (unpaired) electrons. The van der Waals surface area contributed by atoms with Crippen molar-refractivity contribution < 1.29 is 18.0 Å². The maximum absolute atomic E-state index is 13.0. The Kier molecular flexibility index (Phi) is 5.12. The van der Waals surface area contributed by atoms with Crippen molar-refractivity contribution >= 4 is 22.5 Å². The first kappa shape index (κ1) is 20.8. The monoisotopic (exact) mass is 427 g/mol. The highest BCUT2D eigenvalue weighted by atomic mass is 19.4. The molecule has 1 atom stereocenters. The third kappa shape index (κ3) is 3.95. The van der Waals surface area contributed by atoms with Crippen molar-refractivity contribution in [3.05, 3.63) is 70.8 Å². The van der Waals surface area contributed by atoms with Crippen LogP contribution < -0.4 is 5.32 Å². The highest BCUT2D eigenvalue weighted by Gasteiger charge is 2.37. The summed E-state index contributed by atoms with van der Waals surface area (Å²) in [7, 11) is 0. The van der Waals surface area contributed by atoms with Gasteiger partial charge in [-0.2, -0.15) is 18.2 Å². The number of alkyl halides is 3. The molecule has 2 heterocycles. The fourth-order valence-corrected chi connectivity index (χ4v) is 3.74. The number of nitrogens with one attached hydrogen (secondary N) is 1. The predicted octanol–water partition coefficient (Wildman–Crippen LogP) is 4.33. The van der Waals surface area contributed by atoms with Gasteiger partial charge in [-0.3, -0.25) is 4.79 Å². The van der Waals surface area contributed by atoms with Crippen LogP contribution in [0.1, 0.15) is 41.3 Å². The van der Waals surface area contributed by atoms with Crippen LogP contribution in [0, 0.1) is 13.8 Å². The van der Waals surface area contributed by atoms with Gasteiger partial charge in [0.2, 0.25) is 5.91 Å². The maximum Gasteiger partial charge on any atom is 0.453 e. The van der Waals surface area contributed by atoms with Gasteiger partial charge in [0.05, 0.1) is 12.5 Å². The Bertz CT molecular complexity index is 1290. The molecule has 0 aliphatic rings. The topological polar surface area (TPSA) is 72.2 Å². The molecule has 1 N–H and O–H groups in total. The largest absolute Gasteiger partial charge is 0.453 e. The zero-order valence-corrected chi connectivity index (χ0v) is 17.2. The number of fused-ring (bicyclic) bond motifs is 2. The van der Waals surface area contributed by atoms with E-state index < -0.39 is 12.0 Å². The van der Waals surface area contributed by atoms with Crippen LogP contribution in [-0.4, -0.2) is 25.5 Å². The molecule has 4 rings (SSSR count). The van der Waals surface area contributed by atoms with Gasteiger partial charge in [0.15, 0.2) is 0 Å². The Morgan fingerprint density at radius 3 is 2.55 bits per heavy atom. The normalized spacial score (nSPS) is 13.0. The summed E-state index contributed by atoms with van der Waals surface area (Å²) in [6.07, 6.45) is -4.70. The van der Waals surface area contributed by atoms with Crippen LogP contribution in [-0.2, 0) is 17.4 Å². The molecule has 2 aromatic heterocycles. The van der Waals surface area contributed by atoms with Crippen LogP contribution in [0.4, 0.5) is 13.2 Å². The van der Waals surface area contributed by atoms with E-state index in [1.807, 2.05) is 49.4 Å². The number of carbonyl (C=O) groups is 1. The first-order valence-electron chi connectivity index (χ1n) is 9.72. The van der Waals surface area contributed by atoms with Crippen molar-refractivity contribution in [3.63, 3.8) is 0 Å². The lowest BCUT2D eigenvalue weighted by molar-refractivity contribution is -0.144. The molecule has 1 unspecified atom stereocenters. The van der Waals surface area contributed by atoms with Crippen LogP contribution >= 0.6 is 0 Å². The molecule has 0 fully saturated rings. The summed E-state index contributed by atoms with van der Waals surface area (Å²) < 4.78 is 39.9. The van der Waals surface area contributed by atoms with Crippen molar-refractivity contribution in [2.75, 3.05) is 0 Å². The molecule has 0 spiro atoms. The number of hydrogen-bond donors (Lipinski definition) is 1. The average molecular weight is 427 g/mol. The lowest BCUT2D eigenvalue weighted by Gasteiger charge is -2.17. The molecular weight excluding hydrogens is 407 g/mol. The summed E-state index contributed by atoms with van der Waals surface area (Å²) in [5, 5.41) is 8.63. The number of nitrogens with zero attached hydrogens (tertiary/aromatic N) is 4. The Morgan fingerprint density at radius 1 is 1.10 bits per heavy atom. The molecule has 1 amide bonds. The van der Waals surface area contributed by atoms with E-state index in [9.17, 15) is 18.0 Å².